The zero-order chi connectivity index (χ0) is 14.3. The predicted octanol–water partition coefficient (Wildman–Crippen LogP) is 2.33. The highest BCUT2D eigenvalue weighted by Gasteiger charge is 2.09. The standard InChI is InChI=1S/C15H23NO3/c1-15(2,3)19-11-10-16-9-8-12-6-4-5-7-13(12)14(17)18/h4-7,16H,8-11H2,1-3H3,(H,17,18). The van der Waals surface area contributed by atoms with Crippen LogP contribution in [-0.2, 0) is 11.2 Å². The fourth-order valence-electron chi connectivity index (χ4n) is 1.72. The minimum Gasteiger partial charge on any atom is -0.478 e. The molecule has 0 atom stereocenters. The van der Waals surface area contributed by atoms with Crippen LogP contribution in [0.1, 0.15) is 36.7 Å². The van der Waals surface area contributed by atoms with Crippen LogP contribution in [0.4, 0.5) is 0 Å². The van der Waals surface area contributed by atoms with Gasteiger partial charge >= 0.3 is 5.97 Å². The third kappa shape index (κ3) is 6.36. The second-order valence-electron chi connectivity index (χ2n) is 5.42. The molecule has 4 heteroatoms. The van der Waals surface area contributed by atoms with Crippen molar-refractivity contribution in [2.75, 3.05) is 19.7 Å². The fourth-order valence-corrected chi connectivity index (χ4v) is 1.72. The first-order chi connectivity index (χ1) is 8.90. The smallest absolute Gasteiger partial charge is 0.335 e. The average Bonchev–Trinajstić information content (AvgIpc) is 2.32. The molecule has 0 saturated carbocycles. The molecule has 1 aromatic carbocycles. The lowest BCUT2D eigenvalue weighted by molar-refractivity contribution is -0.000721. The maximum Gasteiger partial charge on any atom is 0.335 e. The molecule has 0 aromatic heterocycles. The molecule has 19 heavy (non-hydrogen) atoms. The van der Waals surface area contributed by atoms with Gasteiger partial charge in [0.1, 0.15) is 0 Å². The topological polar surface area (TPSA) is 58.6 Å². The van der Waals surface area contributed by atoms with Crippen molar-refractivity contribution in [3.05, 3.63) is 35.4 Å². The van der Waals surface area contributed by atoms with Crippen LogP contribution in [0, 0.1) is 0 Å². The summed E-state index contributed by atoms with van der Waals surface area (Å²) < 4.78 is 5.59. The number of hydrogen-bond donors (Lipinski definition) is 2. The molecule has 0 bridgehead atoms. The van der Waals surface area contributed by atoms with Crippen LogP contribution in [0.3, 0.4) is 0 Å². The summed E-state index contributed by atoms with van der Waals surface area (Å²) in [6.07, 6.45) is 0.706. The Kier molecular flexibility index (Phi) is 5.99. The summed E-state index contributed by atoms with van der Waals surface area (Å²) in [4.78, 5) is 11.0. The normalized spacial score (nSPS) is 11.5. The highest BCUT2D eigenvalue weighted by molar-refractivity contribution is 5.89. The lowest BCUT2D eigenvalue weighted by Gasteiger charge is -2.19. The van der Waals surface area contributed by atoms with Gasteiger partial charge in [-0.05, 0) is 45.4 Å². The van der Waals surface area contributed by atoms with Crippen LogP contribution in [0.15, 0.2) is 24.3 Å². The largest absolute Gasteiger partial charge is 0.478 e. The highest BCUT2D eigenvalue weighted by Crippen LogP contribution is 2.09. The Morgan fingerprint density at radius 1 is 1.26 bits per heavy atom. The third-order valence-electron chi connectivity index (χ3n) is 2.63. The summed E-state index contributed by atoms with van der Waals surface area (Å²) >= 11 is 0. The van der Waals surface area contributed by atoms with Crippen LogP contribution < -0.4 is 5.32 Å². The lowest BCUT2D eigenvalue weighted by Crippen LogP contribution is -2.28. The van der Waals surface area contributed by atoms with E-state index in [4.69, 9.17) is 9.84 Å². The Morgan fingerprint density at radius 3 is 2.58 bits per heavy atom. The first-order valence-electron chi connectivity index (χ1n) is 6.56. The van der Waals surface area contributed by atoms with Crippen LogP contribution in [0.25, 0.3) is 0 Å². The second kappa shape index (κ2) is 7.26. The van der Waals surface area contributed by atoms with E-state index in [9.17, 15) is 4.79 Å². The molecule has 0 aliphatic carbocycles. The molecule has 2 N–H and O–H groups in total. The van der Waals surface area contributed by atoms with E-state index in [1.807, 2.05) is 32.9 Å². The van der Waals surface area contributed by atoms with E-state index >= 15 is 0 Å². The van der Waals surface area contributed by atoms with Crippen LogP contribution in [0.5, 0.6) is 0 Å². The van der Waals surface area contributed by atoms with Crippen molar-refractivity contribution in [1.29, 1.82) is 0 Å². The van der Waals surface area contributed by atoms with Crippen LogP contribution in [-0.4, -0.2) is 36.4 Å². The van der Waals surface area contributed by atoms with E-state index in [1.54, 1.807) is 12.1 Å². The lowest BCUT2D eigenvalue weighted by atomic mass is 10.0. The minimum atomic E-state index is -0.869. The van der Waals surface area contributed by atoms with Gasteiger partial charge in [0.2, 0.25) is 0 Å². The molecule has 0 heterocycles. The van der Waals surface area contributed by atoms with Gasteiger partial charge in [0.05, 0.1) is 17.8 Å². The van der Waals surface area contributed by atoms with Crippen molar-refractivity contribution >= 4 is 5.97 Å². The van der Waals surface area contributed by atoms with Crippen LogP contribution in [0.2, 0.25) is 0 Å². The maximum absolute atomic E-state index is 11.0. The predicted molar refractivity (Wildman–Crippen MR) is 75.7 cm³/mol. The zero-order valence-electron chi connectivity index (χ0n) is 11.9. The Balaban J connectivity index is 2.28. The molecule has 0 aliphatic heterocycles. The SMILES string of the molecule is CC(C)(C)OCCNCCc1ccccc1C(=O)O. The summed E-state index contributed by atoms with van der Waals surface area (Å²) in [6, 6.07) is 7.11. The van der Waals surface area contributed by atoms with Crippen molar-refractivity contribution < 1.29 is 14.6 Å². The van der Waals surface area contributed by atoms with Crippen molar-refractivity contribution in [3.8, 4) is 0 Å². The number of hydrogen-bond acceptors (Lipinski definition) is 3. The van der Waals surface area contributed by atoms with Gasteiger partial charge in [-0.1, -0.05) is 18.2 Å². The average molecular weight is 265 g/mol. The fraction of sp³-hybridized carbons (Fsp3) is 0.533. The molecule has 0 spiro atoms. The van der Waals surface area contributed by atoms with Gasteiger partial charge in [-0.25, -0.2) is 4.79 Å². The number of aromatic carboxylic acids is 1. The Labute approximate surface area is 114 Å². The van der Waals surface area contributed by atoms with Crippen molar-refractivity contribution in [2.45, 2.75) is 32.8 Å². The van der Waals surface area contributed by atoms with E-state index in [2.05, 4.69) is 5.32 Å². The van der Waals surface area contributed by atoms with Crippen LogP contribution >= 0.6 is 0 Å². The van der Waals surface area contributed by atoms with E-state index in [0.29, 0.717) is 18.6 Å². The van der Waals surface area contributed by atoms with E-state index < -0.39 is 5.97 Å². The van der Waals surface area contributed by atoms with E-state index in [1.165, 1.54) is 0 Å². The summed E-state index contributed by atoms with van der Waals surface area (Å²) in [5.41, 5.74) is 1.13. The number of rotatable bonds is 7. The number of ether oxygens (including phenoxy) is 1. The summed E-state index contributed by atoms with van der Waals surface area (Å²) in [7, 11) is 0. The molecule has 0 fully saturated rings. The molecule has 0 saturated heterocycles. The molecule has 1 rings (SSSR count). The van der Waals surface area contributed by atoms with Crippen molar-refractivity contribution in [2.24, 2.45) is 0 Å². The van der Waals surface area contributed by atoms with E-state index in [-0.39, 0.29) is 5.60 Å². The Morgan fingerprint density at radius 2 is 1.95 bits per heavy atom. The molecule has 0 aliphatic rings. The monoisotopic (exact) mass is 265 g/mol. The molecule has 106 valence electrons. The summed E-state index contributed by atoms with van der Waals surface area (Å²) in [5, 5.41) is 12.3. The molecule has 0 unspecified atom stereocenters. The van der Waals surface area contributed by atoms with Gasteiger partial charge in [-0.3, -0.25) is 0 Å². The number of carboxylic acid groups (broad SMARTS) is 1. The maximum atomic E-state index is 11.0. The first-order valence-corrected chi connectivity index (χ1v) is 6.56. The molecule has 4 nitrogen and oxygen atoms in total. The van der Waals surface area contributed by atoms with Gasteiger partial charge in [0.25, 0.3) is 0 Å². The molecule has 1 aromatic rings. The first kappa shape index (κ1) is 15.7. The second-order valence-corrected chi connectivity index (χ2v) is 5.42. The van der Waals surface area contributed by atoms with Crippen molar-refractivity contribution in [1.82, 2.24) is 5.32 Å². The van der Waals surface area contributed by atoms with Gasteiger partial charge in [-0.2, -0.15) is 0 Å². The number of carbonyl (C=O) groups is 1. The van der Waals surface area contributed by atoms with E-state index in [0.717, 1.165) is 18.7 Å². The van der Waals surface area contributed by atoms with Gasteiger partial charge < -0.3 is 15.2 Å². The summed E-state index contributed by atoms with van der Waals surface area (Å²) in [6.45, 7) is 8.25. The summed E-state index contributed by atoms with van der Waals surface area (Å²) in [5.74, 6) is -0.869. The third-order valence-corrected chi connectivity index (χ3v) is 2.63. The molecule has 0 amide bonds. The molecule has 0 radical (unpaired) electrons. The zero-order valence-corrected chi connectivity index (χ0v) is 11.9. The van der Waals surface area contributed by atoms with Gasteiger partial charge in [0, 0.05) is 6.54 Å². The minimum absolute atomic E-state index is 0.114. The van der Waals surface area contributed by atoms with Crippen molar-refractivity contribution in [3.63, 3.8) is 0 Å². The van der Waals surface area contributed by atoms with Gasteiger partial charge in [-0.15, -0.1) is 0 Å². The Bertz CT molecular complexity index is 410. The van der Waals surface area contributed by atoms with Gasteiger partial charge in [0.15, 0.2) is 0 Å². The number of benzene rings is 1. The molecular formula is C15H23NO3. The Hall–Kier alpha value is -1.39. The quantitative estimate of drug-likeness (QED) is 0.743. The highest BCUT2D eigenvalue weighted by atomic mass is 16.5. The molecular weight excluding hydrogens is 242 g/mol. The number of carboxylic acids is 1. The number of nitrogens with one attached hydrogen (secondary N) is 1.